The molecule has 0 fully saturated rings. The Morgan fingerprint density at radius 1 is 0.722 bits per heavy atom. The van der Waals surface area contributed by atoms with Crippen LogP contribution >= 0.6 is 0 Å². The summed E-state index contributed by atoms with van der Waals surface area (Å²) < 4.78 is 18.2. The first kappa shape index (κ1) is 26.1. The second-order valence-corrected chi connectivity index (χ2v) is 9.19. The Morgan fingerprint density at radius 3 is 2.08 bits per heavy atom. The molecule has 4 aromatic carbocycles. The van der Waals surface area contributed by atoms with Gasteiger partial charge in [0.15, 0.2) is 0 Å². The predicted molar refractivity (Wildman–Crippen MR) is 145 cm³/mol. The van der Waals surface area contributed by atoms with Crippen LogP contribution in [0.1, 0.15) is 35.1 Å². The lowest BCUT2D eigenvalue weighted by atomic mass is 9.97. The normalized spacial score (nSPS) is 13.1. The molecule has 0 aliphatic rings. The van der Waals surface area contributed by atoms with Crippen LogP contribution in [0.4, 0.5) is 0 Å². The number of aryl methyl sites for hydroxylation is 1. The molecule has 0 aliphatic carbocycles. The Hall–Kier alpha value is -3.02. The van der Waals surface area contributed by atoms with Crippen molar-refractivity contribution >= 4 is 10.8 Å². The number of aliphatic hydroxyl groups is 1. The number of fused-ring (bicyclic) bond motifs is 1. The first-order chi connectivity index (χ1) is 17.7. The first-order valence-corrected chi connectivity index (χ1v) is 12.7. The summed E-state index contributed by atoms with van der Waals surface area (Å²) in [6.45, 7) is 1.68. The molecule has 0 heterocycles. The van der Waals surface area contributed by atoms with E-state index in [1.54, 1.807) is 7.11 Å². The van der Waals surface area contributed by atoms with Crippen molar-refractivity contribution in [1.82, 2.24) is 0 Å². The molecule has 188 valence electrons. The molecule has 0 spiro atoms. The second-order valence-electron chi connectivity index (χ2n) is 9.19. The second kappa shape index (κ2) is 13.9. The van der Waals surface area contributed by atoms with Crippen LogP contribution in [-0.4, -0.2) is 31.0 Å². The number of hydrogen-bond donors (Lipinski definition) is 1. The Balaban J connectivity index is 1.40. The van der Waals surface area contributed by atoms with Crippen LogP contribution in [0.3, 0.4) is 0 Å². The van der Waals surface area contributed by atoms with Crippen molar-refractivity contribution in [1.29, 1.82) is 0 Å². The van der Waals surface area contributed by atoms with E-state index in [4.69, 9.17) is 14.2 Å². The fraction of sp³-hybridized carbons (Fsp3) is 0.312. The van der Waals surface area contributed by atoms with Crippen LogP contribution in [0.25, 0.3) is 10.8 Å². The van der Waals surface area contributed by atoms with Gasteiger partial charge in [-0.25, -0.2) is 0 Å². The summed E-state index contributed by atoms with van der Waals surface area (Å²) in [7, 11) is 1.74. The maximum absolute atomic E-state index is 9.91. The van der Waals surface area contributed by atoms with Gasteiger partial charge in [0, 0.05) is 13.5 Å². The lowest BCUT2D eigenvalue weighted by Crippen LogP contribution is -2.27. The van der Waals surface area contributed by atoms with Gasteiger partial charge in [-0.1, -0.05) is 97.1 Å². The number of rotatable bonds is 14. The Bertz CT molecular complexity index is 1180. The molecule has 1 N–H and O–H groups in total. The van der Waals surface area contributed by atoms with Crippen LogP contribution < -0.4 is 0 Å². The highest BCUT2D eigenvalue weighted by molar-refractivity contribution is 5.86. The van der Waals surface area contributed by atoms with Gasteiger partial charge in [0.1, 0.15) is 0 Å². The smallest absolute Gasteiger partial charge is 0.0829 e. The van der Waals surface area contributed by atoms with Gasteiger partial charge in [-0.15, -0.1) is 0 Å². The van der Waals surface area contributed by atoms with Gasteiger partial charge in [0.2, 0.25) is 0 Å². The van der Waals surface area contributed by atoms with Gasteiger partial charge < -0.3 is 19.3 Å². The summed E-state index contributed by atoms with van der Waals surface area (Å²) in [5.41, 5.74) is 4.49. The Labute approximate surface area is 214 Å². The molecule has 4 nitrogen and oxygen atoms in total. The van der Waals surface area contributed by atoms with Gasteiger partial charge >= 0.3 is 0 Å². The van der Waals surface area contributed by atoms with Gasteiger partial charge in [-0.2, -0.15) is 0 Å². The van der Waals surface area contributed by atoms with Crippen LogP contribution in [0.15, 0.2) is 97.1 Å². The van der Waals surface area contributed by atoms with Crippen molar-refractivity contribution in [3.8, 4) is 0 Å². The Morgan fingerprint density at radius 2 is 1.39 bits per heavy atom. The van der Waals surface area contributed by atoms with Crippen LogP contribution in [0.2, 0.25) is 0 Å². The first-order valence-electron chi connectivity index (χ1n) is 12.7. The van der Waals surface area contributed by atoms with E-state index in [-0.39, 0.29) is 18.8 Å². The standard InChI is InChI=1S/C32H36O4/c1-34-31(24-35-22-25-10-4-2-5-11-25)20-30(36-23-26-12-6-3-7-13-26)17-16-27-18-28-14-8-9-15-32(28)29(19-27)21-33/h2-15,18-19,30-31,33H,16-17,20-24H2,1H3. The number of aliphatic hydroxyl groups excluding tert-OH is 1. The minimum atomic E-state index is -0.0564. The average Bonchev–Trinajstić information content (AvgIpc) is 2.94. The largest absolute Gasteiger partial charge is 0.392 e. The molecule has 0 bridgehead atoms. The average molecular weight is 485 g/mol. The summed E-state index contributed by atoms with van der Waals surface area (Å²) in [4.78, 5) is 0. The summed E-state index contributed by atoms with van der Waals surface area (Å²) in [5.74, 6) is 0. The summed E-state index contributed by atoms with van der Waals surface area (Å²) in [6.07, 6.45) is 2.42. The van der Waals surface area contributed by atoms with E-state index < -0.39 is 0 Å². The van der Waals surface area contributed by atoms with E-state index >= 15 is 0 Å². The van der Waals surface area contributed by atoms with E-state index in [1.165, 1.54) is 5.56 Å². The molecule has 4 heteroatoms. The Kier molecular flexibility index (Phi) is 10.1. The monoisotopic (exact) mass is 484 g/mol. The van der Waals surface area contributed by atoms with E-state index in [0.29, 0.717) is 19.8 Å². The highest BCUT2D eigenvalue weighted by Gasteiger charge is 2.18. The summed E-state index contributed by atoms with van der Waals surface area (Å²) >= 11 is 0. The third kappa shape index (κ3) is 7.74. The summed E-state index contributed by atoms with van der Waals surface area (Å²) in [5, 5.41) is 12.2. The third-order valence-corrected chi connectivity index (χ3v) is 6.54. The number of benzene rings is 4. The molecule has 36 heavy (non-hydrogen) atoms. The van der Waals surface area contributed by atoms with Crippen LogP contribution in [-0.2, 0) is 40.5 Å². The molecular weight excluding hydrogens is 448 g/mol. The molecule has 0 saturated carbocycles. The molecule has 4 rings (SSSR count). The molecular formula is C32H36O4. The molecule has 0 saturated heterocycles. The maximum Gasteiger partial charge on any atom is 0.0829 e. The van der Waals surface area contributed by atoms with Gasteiger partial charge in [0.05, 0.1) is 38.6 Å². The van der Waals surface area contributed by atoms with Crippen LogP contribution in [0.5, 0.6) is 0 Å². The molecule has 0 aromatic heterocycles. The SMILES string of the molecule is COC(COCc1ccccc1)CC(CCc1cc(CO)c2ccccc2c1)OCc1ccccc1. The fourth-order valence-corrected chi connectivity index (χ4v) is 4.53. The van der Waals surface area contributed by atoms with Crippen molar-refractivity contribution in [2.24, 2.45) is 0 Å². The fourth-order valence-electron chi connectivity index (χ4n) is 4.53. The van der Waals surface area contributed by atoms with E-state index in [2.05, 4.69) is 48.5 Å². The maximum atomic E-state index is 9.91. The van der Waals surface area contributed by atoms with Crippen LogP contribution in [0, 0.1) is 0 Å². The summed E-state index contributed by atoms with van der Waals surface area (Å²) in [6, 6.07) is 33.0. The highest BCUT2D eigenvalue weighted by Crippen LogP contribution is 2.24. The quantitative estimate of drug-likeness (QED) is 0.223. The zero-order valence-corrected chi connectivity index (χ0v) is 21.0. The molecule has 0 amide bonds. The van der Waals surface area contributed by atoms with Crippen molar-refractivity contribution in [3.05, 3.63) is 119 Å². The molecule has 2 atom stereocenters. The number of hydrogen-bond acceptors (Lipinski definition) is 4. The van der Waals surface area contributed by atoms with E-state index in [9.17, 15) is 5.11 Å². The van der Waals surface area contributed by atoms with Crippen molar-refractivity contribution in [2.75, 3.05) is 13.7 Å². The van der Waals surface area contributed by atoms with E-state index in [1.807, 2.05) is 48.5 Å². The molecule has 0 aliphatic heterocycles. The van der Waals surface area contributed by atoms with Gasteiger partial charge in [-0.3, -0.25) is 0 Å². The zero-order valence-electron chi connectivity index (χ0n) is 21.0. The van der Waals surface area contributed by atoms with Crippen molar-refractivity contribution < 1.29 is 19.3 Å². The number of ether oxygens (including phenoxy) is 3. The van der Waals surface area contributed by atoms with Gasteiger partial charge in [-0.05, 0) is 45.9 Å². The molecule has 4 aromatic rings. The third-order valence-electron chi connectivity index (χ3n) is 6.54. The minimum Gasteiger partial charge on any atom is -0.392 e. The number of methoxy groups -OCH3 is 1. The van der Waals surface area contributed by atoms with Crippen molar-refractivity contribution in [2.45, 2.75) is 51.3 Å². The van der Waals surface area contributed by atoms with E-state index in [0.717, 1.165) is 46.7 Å². The molecule has 0 radical (unpaired) electrons. The molecule has 2 unspecified atom stereocenters. The van der Waals surface area contributed by atoms with Crippen molar-refractivity contribution in [3.63, 3.8) is 0 Å². The topological polar surface area (TPSA) is 47.9 Å². The lowest BCUT2D eigenvalue weighted by molar-refractivity contribution is -0.0467. The lowest BCUT2D eigenvalue weighted by Gasteiger charge is -2.24. The van der Waals surface area contributed by atoms with Gasteiger partial charge in [0.25, 0.3) is 0 Å². The predicted octanol–water partition coefficient (Wildman–Crippen LogP) is 6.47. The minimum absolute atomic E-state index is 0.0135. The highest BCUT2D eigenvalue weighted by atomic mass is 16.5. The zero-order chi connectivity index (χ0) is 25.0.